The smallest absolute Gasteiger partial charge is 0.0961 e. The Bertz CT molecular complexity index is 690. The predicted octanol–water partition coefficient (Wildman–Crippen LogP) is 6.46. The Balaban J connectivity index is 1.40. The Morgan fingerprint density at radius 1 is 0.727 bits per heavy atom. The fourth-order valence-electron chi connectivity index (χ4n) is 3.87. The van der Waals surface area contributed by atoms with E-state index in [0.29, 0.717) is 6.04 Å². The lowest BCUT2D eigenvalue weighted by Gasteiger charge is -2.47. The first-order valence-corrected chi connectivity index (χ1v) is 12.9. The van der Waals surface area contributed by atoms with Gasteiger partial charge in [0.15, 0.2) is 0 Å². The molecule has 0 atom stereocenters. The highest BCUT2D eigenvalue weighted by molar-refractivity contribution is 5.80. The van der Waals surface area contributed by atoms with Crippen molar-refractivity contribution in [1.82, 2.24) is 9.80 Å². The van der Waals surface area contributed by atoms with Crippen LogP contribution in [0.3, 0.4) is 0 Å². The van der Waals surface area contributed by atoms with Gasteiger partial charge in [-0.15, -0.1) is 0 Å². The van der Waals surface area contributed by atoms with Crippen LogP contribution in [0.25, 0.3) is 0 Å². The maximum atomic E-state index is 8.27. The lowest BCUT2D eigenvalue weighted by atomic mass is 10.1. The van der Waals surface area contributed by atoms with Gasteiger partial charge in [0.1, 0.15) is 0 Å². The van der Waals surface area contributed by atoms with Crippen molar-refractivity contribution < 1.29 is 4.74 Å². The minimum absolute atomic E-state index is 0.625. The molecule has 2 fully saturated rings. The van der Waals surface area contributed by atoms with Gasteiger partial charge in [-0.3, -0.25) is 10.3 Å². The number of rotatable bonds is 15. The summed E-state index contributed by atoms with van der Waals surface area (Å²) in [5, 5.41) is 8.27. The van der Waals surface area contributed by atoms with E-state index in [1.807, 2.05) is 0 Å². The quantitative estimate of drug-likeness (QED) is 0.176. The van der Waals surface area contributed by atoms with Crippen molar-refractivity contribution in [3.63, 3.8) is 0 Å². The van der Waals surface area contributed by atoms with Gasteiger partial charge in [-0.1, -0.05) is 79.8 Å². The molecular formula is C29H45N3O. The van der Waals surface area contributed by atoms with E-state index >= 15 is 0 Å². The standard InChI is InChI=1S/C29H45N3O/c1-2-3-4-5-6-7-8-9-10-11-12-13-14-15-16-17-18-19-20-21-29(30)32-26-28(27-32)31-22-24-33-25-23-31/h3-4,6-7,9-10,12-13,15-16,18-19,28,30H,2,5,8,11,14,17,20-27H2,1H3. The van der Waals surface area contributed by atoms with Crippen molar-refractivity contribution in [2.45, 2.75) is 64.3 Å². The summed E-state index contributed by atoms with van der Waals surface area (Å²) < 4.78 is 5.42. The van der Waals surface area contributed by atoms with E-state index in [0.717, 1.165) is 96.6 Å². The Hall–Kier alpha value is -2.17. The van der Waals surface area contributed by atoms with E-state index in [4.69, 9.17) is 10.1 Å². The summed E-state index contributed by atoms with van der Waals surface area (Å²) in [6.45, 7) is 8.00. The molecule has 0 saturated carbocycles. The van der Waals surface area contributed by atoms with E-state index in [9.17, 15) is 0 Å². The van der Waals surface area contributed by atoms with Gasteiger partial charge in [-0.2, -0.15) is 0 Å². The van der Waals surface area contributed by atoms with E-state index in [1.165, 1.54) is 0 Å². The maximum absolute atomic E-state index is 8.27. The van der Waals surface area contributed by atoms with Crippen molar-refractivity contribution in [2.75, 3.05) is 39.4 Å². The molecule has 0 unspecified atom stereocenters. The molecule has 0 aromatic heterocycles. The van der Waals surface area contributed by atoms with Crippen LogP contribution in [0.4, 0.5) is 0 Å². The first-order chi connectivity index (χ1) is 16.3. The number of morpholine rings is 1. The number of amidine groups is 1. The second-order valence-electron chi connectivity index (χ2n) is 8.61. The number of nitrogens with zero attached hydrogens (tertiary/aromatic N) is 2. The second-order valence-corrected chi connectivity index (χ2v) is 8.61. The third kappa shape index (κ3) is 12.6. The largest absolute Gasteiger partial charge is 0.379 e. The van der Waals surface area contributed by atoms with Gasteiger partial charge in [-0.05, 0) is 44.9 Å². The molecule has 2 rings (SSSR count). The SMILES string of the molecule is CCC=CCC=CCC=CCC=CCC=CCC=CCCC(=N)N1CC(N2CCOCC2)C1. The van der Waals surface area contributed by atoms with Crippen LogP contribution >= 0.6 is 0 Å². The van der Waals surface area contributed by atoms with Gasteiger partial charge in [0.25, 0.3) is 0 Å². The van der Waals surface area contributed by atoms with Crippen molar-refractivity contribution >= 4 is 5.84 Å². The summed E-state index contributed by atoms with van der Waals surface area (Å²) in [5.74, 6) is 0.791. The molecule has 182 valence electrons. The van der Waals surface area contributed by atoms with Crippen molar-refractivity contribution in [3.8, 4) is 0 Å². The van der Waals surface area contributed by atoms with Gasteiger partial charge < -0.3 is 9.64 Å². The molecule has 0 radical (unpaired) electrons. The summed E-state index contributed by atoms with van der Waals surface area (Å²) in [7, 11) is 0. The highest BCUT2D eigenvalue weighted by Gasteiger charge is 2.33. The van der Waals surface area contributed by atoms with Crippen molar-refractivity contribution in [1.29, 1.82) is 5.41 Å². The Kier molecular flexibility index (Phi) is 15.0. The highest BCUT2D eigenvalue weighted by atomic mass is 16.5. The van der Waals surface area contributed by atoms with Crippen LogP contribution < -0.4 is 0 Å². The molecule has 2 aliphatic heterocycles. The van der Waals surface area contributed by atoms with Gasteiger partial charge in [0, 0.05) is 38.6 Å². The topological polar surface area (TPSA) is 39.6 Å². The van der Waals surface area contributed by atoms with Crippen molar-refractivity contribution in [2.24, 2.45) is 0 Å². The van der Waals surface area contributed by atoms with Gasteiger partial charge in [0.05, 0.1) is 19.0 Å². The second kappa shape index (κ2) is 18.3. The van der Waals surface area contributed by atoms with Crippen LogP contribution in [0, 0.1) is 5.41 Å². The average Bonchev–Trinajstić information content (AvgIpc) is 2.80. The number of allylic oxidation sites excluding steroid dienone is 12. The molecular weight excluding hydrogens is 406 g/mol. The fourth-order valence-corrected chi connectivity index (χ4v) is 3.87. The number of hydrogen-bond acceptors (Lipinski definition) is 3. The summed E-state index contributed by atoms with van der Waals surface area (Å²) in [6.07, 6.45) is 34.7. The number of nitrogens with one attached hydrogen (secondary N) is 1. The van der Waals surface area contributed by atoms with E-state index in [2.05, 4.69) is 89.6 Å². The van der Waals surface area contributed by atoms with Crippen LogP contribution in [-0.4, -0.2) is 61.1 Å². The normalized spacial score (nSPS) is 18.9. The zero-order valence-electron chi connectivity index (χ0n) is 20.7. The summed E-state index contributed by atoms with van der Waals surface area (Å²) in [5.41, 5.74) is 0. The molecule has 1 N–H and O–H groups in total. The molecule has 0 aromatic rings. The van der Waals surface area contributed by atoms with Gasteiger partial charge in [-0.25, -0.2) is 0 Å². The van der Waals surface area contributed by atoms with E-state index in [-0.39, 0.29) is 0 Å². The lowest BCUT2D eigenvalue weighted by molar-refractivity contribution is -0.0151. The zero-order chi connectivity index (χ0) is 23.4. The van der Waals surface area contributed by atoms with Crippen LogP contribution in [0.15, 0.2) is 72.9 Å². The molecule has 0 aromatic carbocycles. The molecule has 0 spiro atoms. The molecule has 0 bridgehead atoms. The number of likely N-dealkylation sites (tertiary alicyclic amines) is 1. The molecule has 2 aliphatic rings. The first-order valence-electron chi connectivity index (χ1n) is 12.9. The average molecular weight is 452 g/mol. The molecule has 33 heavy (non-hydrogen) atoms. The van der Waals surface area contributed by atoms with Crippen LogP contribution in [0.1, 0.15) is 58.3 Å². The maximum Gasteiger partial charge on any atom is 0.0961 e. The third-order valence-electron chi connectivity index (χ3n) is 5.95. The Morgan fingerprint density at radius 2 is 1.18 bits per heavy atom. The first kappa shape index (κ1) is 27.1. The minimum Gasteiger partial charge on any atom is -0.379 e. The highest BCUT2D eigenvalue weighted by Crippen LogP contribution is 2.18. The molecule has 4 heteroatoms. The number of hydrogen-bond donors (Lipinski definition) is 1. The minimum atomic E-state index is 0.625. The third-order valence-corrected chi connectivity index (χ3v) is 5.95. The monoisotopic (exact) mass is 451 g/mol. The molecule has 0 amide bonds. The van der Waals surface area contributed by atoms with E-state index in [1.54, 1.807) is 0 Å². The van der Waals surface area contributed by atoms with Crippen molar-refractivity contribution in [3.05, 3.63) is 72.9 Å². The molecule has 4 nitrogen and oxygen atoms in total. The fraction of sp³-hybridized carbons (Fsp3) is 0.552. The molecule has 2 heterocycles. The lowest BCUT2D eigenvalue weighted by Crippen LogP contribution is -2.62. The van der Waals surface area contributed by atoms with Gasteiger partial charge >= 0.3 is 0 Å². The van der Waals surface area contributed by atoms with Crippen LogP contribution in [0.2, 0.25) is 0 Å². The van der Waals surface area contributed by atoms with Crippen LogP contribution in [-0.2, 0) is 4.74 Å². The Morgan fingerprint density at radius 3 is 1.67 bits per heavy atom. The summed E-state index contributed by atoms with van der Waals surface area (Å²) in [4.78, 5) is 4.73. The zero-order valence-corrected chi connectivity index (χ0v) is 20.7. The summed E-state index contributed by atoms with van der Waals surface area (Å²) in [6, 6.07) is 0.625. The molecule has 2 saturated heterocycles. The van der Waals surface area contributed by atoms with E-state index < -0.39 is 0 Å². The van der Waals surface area contributed by atoms with Crippen LogP contribution in [0.5, 0.6) is 0 Å². The number of ether oxygens (including phenoxy) is 1. The predicted molar refractivity (Wildman–Crippen MR) is 143 cm³/mol. The van der Waals surface area contributed by atoms with Gasteiger partial charge in [0.2, 0.25) is 0 Å². The Labute approximate surface area is 202 Å². The summed E-state index contributed by atoms with van der Waals surface area (Å²) >= 11 is 0. The molecule has 0 aliphatic carbocycles.